The van der Waals surface area contributed by atoms with E-state index in [1.807, 2.05) is 22.0 Å². The van der Waals surface area contributed by atoms with Crippen molar-refractivity contribution < 1.29 is 9.53 Å². The maximum Gasteiger partial charge on any atom is 0.317 e. The normalized spacial score (nSPS) is 22.4. The van der Waals surface area contributed by atoms with E-state index in [-0.39, 0.29) is 12.1 Å². The molecule has 8 nitrogen and oxygen atoms in total. The number of aryl methyl sites for hydroxylation is 1. The predicted molar refractivity (Wildman–Crippen MR) is 105 cm³/mol. The predicted octanol–water partition coefficient (Wildman–Crippen LogP) is 1.01. The van der Waals surface area contributed by atoms with Crippen LogP contribution in [0.15, 0.2) is 12.4 Å². The molecule has 1 aromatic heterocycles. The molecule has 0 aromatic carbocycles. The van der Waals surface area contributed by atoms with E-state index in [2.05, 4.69) is 41.2 Å². The highest BCUT2D eigenvalue weighted by Crippen LogP contribution is 2.21. The first-order valence-electron chi connectivity index (χ1n) is 10.1. The average molecular weight is 379 g/mol. The molecule has 0 saturated carbocycles. The number of nitrogens with one attached hydrogen (secondary N) is 1. The van der Waals surface area contributed by atoms with Gasteiger partial charge in [-0.25, -0.2) is 4.79 Å². The van der Waals surface area contributed by atoms with Gasteiger partial charge in [-0.05, 0) is 47.0 Å². The number of carbonyl (C=O) groups excluding carboxylic acids is 1. The number of amides is 2. The zero-order chi connectivity index (χ0) is 19.2. The summed E-state index contributed by atoms with van der Waals surface area (Å²) in [5.41, 5.74) is 1.04. The maximum atomic E-state index is 12.5. The number of urea groups is 1. The first-order valence-corrected chi connectivity index (χ1v) is 10.1. The van der Waals surface area contributed by atoms with E-state index in [1.165, 1.54) is 12.8 Å². The van der Waals surface area contributed by atoms with Crippen LogP contribution in [0.4, 0.5) is 4.79 Å². The molecule has 0 aliphatic carbocycles. The van der Waals surface area contributed by atoms with E-state index in [9.17, 15) is 4.79 Å². The summed E-state index contributed by atoms with van der Waals surface area (Å²) in [6.07, 6.45) is 6.17. The number of hydrogen-bond acceptors (Lipinski definition) is 5. The number of aromatic nitrogens is 2. The smallest absolute Gasteiger partial charge is 0.317 e. The Morgan fingerprint density at radius 1 is 1.33 bits per heavy atom. The van der Waals surface area contributed by atoms with Crippen LogP contribution in [0.3, 0.4) is 0 Å². The van der Waals surface area contributed by atoms with Crippen molar-refractivity contribution in [1.29, 1.82) is 0 Å². The maximum absolute atomic E-state index is 12.5. The third-order valence-corrected chi connectivity index (χ3v) is 5.69. The van der Waals surface area contributed by atoms with E-state index >= 15 is 0 Å². The van der Waals surface area contributed by atoms with Crippen LogP contribution in [0.1, 0.15) is 31.4 Å². The second-order valence-corrected chi connectivity index (χ2v) is 7.70. The van der Waals surface area contributed by atoms with Gasteiger partial charge in [0.2, 0.25) is 0 Å². The van der Waals surface area contributed by atoms with Gasteiger partial charge >= 0.3 is 6.03 Å². The standard InChI is InChI=1S/C19H34N6O2/c1-4-25-14-16(13-21-25)18-15-24(11-12-27-18)19(26)20-7-10-23-8-5-17(6-9-23)22(2)3/h13-14,17-18H,4-12,15H2,1-3H3,(H,20,26). The van der Waals surface area contributed by atoms with Crippen LogP contribution in [-0.4, -0.2) is 96.5 Å². The van der Waals surface area contributed by atoms with Crippen molar-refractivity contribution in [2.45, 2.75) is 38.5 Å². The molecule has 2 saturated heterocycles. The van der Waals surface area contributed by atoms with Crippen LogP contribution in [0, 0.1) is 0 Å². The number of carbonyl (C=O) groups is 1. The highest BCUT2D eigenvalue weighted by Gasteiger charge is 2.26. The molecule has 1 atom stereocenters. The molecule has 1 unspecified atom stereocenters. The van der Waals surface area contributed by atoms with Gasteiger partial charge in [-0.3, -0.25) is 4.68 Å². The third kappa shape index (κ3) is 5.43. The Hall–Kier alpha value is -1.64. The molecular weight excluding hydrogens is 344 g/mol. The van der Waals surface area contributed by atoms with E-state index in [1.54, 1.807) is 0 Å². The molecule has 3 rings (SSSR count). The van der Waals surface area contributed by atoms with E-state index in [4.69, 9.17) is 4.74 Å². The SMILES string of the molecule is CCn1cc(C2CN(C(=O)NCCN3CCC(N(C)C)CC3)CCO2)cn1. The molecule has 2 fully saturated rings. The van der Waals surface area contributed by atoms with Crippen molar-refractivity contribution >= 4 is 6.03 Å². The number of rotatable bonds is 6. The fourth-order valence-electron chi connectivity index (χ4n) is 3.85. The molecule has 0 radical (unpaired) electrons. The monoisotopic (exact) mass is 378 g/mol. The Balaban J connectivity index is 1.39. The third-order valence-electron chi connectivity index (χ3n) is 5.69. The van der Waals surface area contributed by atoms with E-state index in [0.29, 0.717) is 32.3 Å². The second-order valence-electron chi connectivity index (χ2n) is 7.70. The zero-order valence-electron chi connectivity index (χ0n) is 16.9. The fourth-order valence-corrected chi connectivity index (χ4v) is 3.85. The van der Waals surface area contributed by atoms with Gasteiger partial charge < -0.3 is 24.8 Å². The minimum atomic E-state index is -0.0881. The quantitative estimate of drug-likeness (QED) is 0.800. The van der Waals surface area contributed by atoms with Crippen LogP contribution >= 0.6 is 0 Å². The minimum Gasteiger partial charge on any atom is -0.370 e. The molecule has 2 aliphatic rings. The van der Waals surface area contributed by atoms with Gasteiger partial charge in [-0.1, -0.05) is 0 Å². The van der Waals surface area contributed by atoms with Crippen LogP contribution in [-0.2, 0) is 11.3 Å². The fraction of sp³-hybridized carbons (Fsp3) is 0.789. The molecule has 152 valence electrons. The van der Waals surface area contributed by atoms with Crippen LogP contribution in [0.2, 0.25) is 0 Å². The molecule has 3 heterocycles. The summed E-state index contributed by atoms with van der Waals surface area (Å²) < 4.78 is 7.73. The molecule has 0 bridgehead atoms. The Labute approximate surface area is 162 Å². The summed E-state index contributed by atoms with van der Waals surface area (Å²) >= 11 is 0. The van der Waals surface area contributed by atoms with Crippen LogP contribution in [0.25, 0.3) is 0 Å². The van der Waals surface area contributed by atoms with Crippen molar-refractivity contribution in [3.05, 3.63) is 18.0 Å². The lowest BCUT2D eigenvalue weighted by atomic mass is 10.0. The molecule has 27 heavy (non-hydrogen) atoms. The Bertz CT molecular complexity index is 597. The van der Waals surface area contributed by atoms with Crippen molar-refractivity contribution in [2.75, 3.05) is 60.0 Å². The van der Waals surface area contributed by atoms with Gasteiger partial charge in [0.15, 0.2) is 0 Å². The lowest BCUT2D eigenvalue weighted by Crippen LogP contribution is -2.49. The molecule has 8 heteroatoms. The highest BCUT2D eigenvalue weighted by atomic mass is 16.5. The Morgan fingerprint density at radius 3 is 2.78 bits per heavy atom. The molecule has 1 N–H and O–H groups in total. The van der Waals surface area contributed by atoms with Crippen molar-refractivity contribution in [1.82, 2.24) is 29.8 Å². The van der Waals surface area contributed by atoms with Gasteiger partial charge in [0.05, 0.1) is 19.3 Å². The van der Waals surface area contributed by atoms with Crippen LogP contribution in [0.5, 0.6) is 0 Å². The summed E-state index contributed by atoms with van der Waals surface area (Å²) in [7, 11) is 4.31. The number of nitrogens with zero attached hydrogens (tertiary/aromatic N) is 5. The number of morpholine rings is 1. The molecular formula is C19H34N6O2. The van der Waals surface area contributed by atoms with Gasteiger partial charge in [-0.2, -0.15) is 5.10 Å². The Morgan fingerprint density at radius 2 is 2.11 bits per heavy atom. The summed E-state index contributed by atoms with van der Waals surface area (Å²) in [4.78, 5) is 19.2. The number of hydrogen-bond donors (Lipinski definition) is 1. The second kappa shape index (κ2) is 9.52. The van der Waals surface area contributed by atoms with E-state index in [0.717, 1.165) is 31.7 Å². The molecule has 0 spiro atoms. The summed E-state index contributed by atoms with van der Waals surface area (Å²) in [6, 6.07) is 0.701. The first-order chi connectivity index (χ1) is 13.1. The topological polar surface area (TPSA) is 65.9 Å². The lowest BCUT2D eigenvalue weighted by Gasteiger charge is -2.35. The minimum absolute atomic E-state index is 0.00867. The summed E-state index contributed by atoms with van der Waals surface area (Å²) in [6.45, 7) is 8.51. The first kappa shape index (κ1) is 20.1. The van der Waals surface area contributed by atoms with Crippen molar-refractivity contribution in [2.24, 2.45) is 0 Å². The Kier molecular flexibility index (Phi) is 7.09. The number of likely N-dealkylation sites (tertiary alicyclic amines) is 1. The summed E-state index contributed by atoms with van der Waals surface area (Å²) in [5.74, 6) is 0. The molecule has 2 aliphatic heterocycles. The average Bonchev–Trinajstić information content (AvgIpc) is 3.18. The van der Waals surface area contributed by atoms with Gasteiger partial charge in [0.1, 0.15) is 6.10 Å². The lowest BCUT2D eigenvalue weighted by molar-refractivity contribution is -0.0155. The van der Waals surface area contributed by atoms with Gasteiger partial charge in [0, 0.05) is 44.0 Å². The van der Waals surface area contributed by atoms with Crippen molar-refractivity contribution in [3.8, 4) is 0 Å². The van der Waals surface area contributed by atoms with Gasteiger partial charge in [-0.15, -0.1) is 0 Å². The van der Waals surface area contributed by atoms with Crippen molar-refractivity contribution in [3.63, 3.8) is 0 Å². The molecule has 2 amide bonds. The molecule has 1 aromatic rings. The number of ether oxygens (including phenoxy) is 1. The highest BCUT2D eigenvalue weighted by molar-refractivity contribution is 5.74. The zero-order valence-corrected chi connectivity index (χ0v) is 16.9. The summed E-state index contributed by atoms with van der Waals surface area (Å²) in [5, 5.41) is 7.39. The van der Waals surface area contributed by atoms with Gasteiger partial charge in [0.25, 0.3) is 0 Å². The van der Waals surface area contributed by atoms with Crippen LogP contribution < -0.4 is 5.32 Å². The number of piperidine rings is 1. The van der Waals surface area contributed by atoms with E-state index < -0.39 is 0 Å². The largest absolute Gasteiger partial charge is 0.370 e.